The van der Waals surface area contributed by atoms with E-state index >= 15 is 0 Å². The molecule has 17 heavy (non-hydrogen) atoms. The lowest BCUT2D eigenvalue weighted by atomic mass is 9.90. The Bertz CT molecular complexity index is 447. The molecule has 0 unspecified atom stereocenters. The van der Waals surface area contributed by atoms with Gasteiger partial charge in [0, 0.05) is 24.8 Å². The van der Waals surface area contributed by atoms with Gasteiger partial charge in [0.1, 0.15) is 0 Å². The fourth-order valence-electron chi connectivity index (χ4n) is 2.26. The SMILES string of the molecule is COC(=O)N1CCC(c2ccc[nH]c2=O)CC1. The third-order valence-corrected chi connectivity index (χ3v) is 3.22. The number of hydrogen-bond donors (Lipinski definition) is 1. The minimum atomic E-state index is -0.287. The Hall–Kier alpha value is -1.78. The summed E-state index contributed by atoms with van der Waals surface area (Å²) in [5.41, 5.74) is 0.793. The molecule has 2 rings (SSSR count). The zero-order valence-corrected chi connectivity index (χ0v) is 9.81. The van der Waals surface area contributed by atoms with Crippen LogP contribution in [-0.2, 0) is 4.74 Å². The van der Waals surface area contributed by atoms with Gasteiger partial charge in [0.25, 0.3) is 5.56 Å². The number of pyridine rings is 1. The number of amides is 1. The Balaban J connectivity index is 2.03. The van der Waals surface area contributed by atoms with E-state index in [1.54, 1.807) is 11.1 Å². The van der Waals surface area contributed by atoms with Crippen LogP contribution in [0.4, 0.5) is 4.79 Å². The highest BCUT2D eigenvalue weighted by molar-refractivity contribution is 5.67. The molecular weight excluding hydrogens is 220 g/mol. The predicted octanol–water partition coefficient (Wildman–Crippen LogP) is 1.32. The maximum atomic E-state index is 11.6. The number of carbonyl (C=O) groups excluding carboxylic acids is 1. The molecule has 1 amide bonds. The number of carbonyl (C=O) groups is 1. The largest absolute Gasteiger partial charge is 0.453 e. The van der Waals surface area contributed by atoms with Crippen LogP contribution in [0, 0.1) is 0 Å². The lowest BCUT2D eigenvalue weighted by Crippen LogP contribution is -2.38. The van der Waals surface area contributed by atoms with E-state index in [0.29, 0.717) is 13.1 Å². The van der Waals surface area contributed by atoms with Crippen LogP contribution < -0.4 is 5.56 Å². The quantitative estimate of drug-likeness (QED) is 0.800. The molecule has 1 saturated heterocycles. The number of likely N-dealkylation sites (tertiary alicyclic amines) is 1. The smallest absolute Gasteiger partial charge is 0.409 e. The number of rotatable bonds is 1. The molecule has 0 aliphatic carbocycles. The molecule has 1 aliphatic heterocycles. The Morgan fingerprint density at radius 3 is 2.76 bits per heavy atom. The van der Waals surface area contributed by atoms with Crippen LogP contribution >= 0.6 is 0 Å². The van der Waals surface area contributed by atoms with Gasteiger partial charge in [-0.05, 0) is 24.8 Å². The van der Waals surface area contributed by atoms with Crippen LogP contribution in [0.2, 0.25) is 0 Å². The first-order valence-electron chi connectivity index (χ1n) is 5.73. The molecule has 1 aromatic heterocycles. The first kappa shape index (κ1) is 11.7. The van der Waals surface area contributed by atoms with Crippen molar-refractivity contribution in [2.24, 2.45) is 0 Å². The number of H-pyrrole nitrogens is 1. The summed E-state index contributed by atoms with van der Waals surface area (Å²) in [5.74, 6) is 0.237. The summed E-state index contributed by atoms with van der Waals surface area (Å²) in [5, 5.41) is 0. The molecule has 1 aliphatic rings. The lowest BCUT2D eigenvalue weighted by Gasteiger charge is -2.30. The average Bonchev–Trinajstić information content (AvgIpc) is 2.39. The lowest BCUT2D eigenvalue weighted by molar-refractivity contribution is 0.112. The highest BCUT2D eigenvalue weighted by atomic mass is 16.5. The molecule has 5 nitrogen and oxygen atoms in total. The fourth-order valence-corrected chi connectivity index (χ4v) is 2.26. The molecule has 0 saturated carbocycles. The van der Waals surface area contributed by atoms with Crippen LogP contribution in [0.25, 0.3) is 0 Å². The Morgan fingerprint density at radius 1 is 1.47 bits per heavy atom. The van der Waals surface area contributed by atoms with Gasteiger partial charge in [0.2, 0.25) is 0 Å². The van der Waals surface area contributed by atoms with Crippen molar-refractivity contribution >= 4 is 6.09 Å². The molecule has 1 N–H and O–H groups in total. The predicted molar refractivity (Wildman–Crippen MR) is 63.0 cm³/mol. The topological polar surface area (TPSA) is 62.4 Å². The number of methoxy groups -OCH3 is 1. The summed E-state index contributed by atoms with van der Waals surface area (Å²) in [7, 11) is 1.39. The Kier molecular flexibility index (Phi) is 3.46. The molecule has 1 fully saturated rings. The molecule has 1 aromatic rings. The Morgan fingerprint density at radius 2 is 2.18 bits per heavy atom. The molecule has 2 heterocycles. The zero-order chi connectivity index (χ0) is 12.3. The number of aromatic amines is 1. The molecule has 0 aromatic carbocycles. The summed E-state index contributed by atoms with van der Waals surface area (Å²) in [6.07, 6.45) is 2.96. The number of hydrogen-bond acceptors (Lipinski definition) is 3. The monoisotopic (exact) mass is 236 g/mol. The van der Waals surface area contributed by atoms with E-state index in [4.69, 9.17) is 0 Å². The van der Waals surface area contributed by atoms with Gasteiger partial charge in [-0.2, -0.15) is 0 Å². The minimum absolute atomic E-state index is 0.0241. The summed E-state index contributed by atoms with van der Waals surface area (Å²) in [6.45, 7) is 1.29. The second-order valence-corrected chi connectivity index (χ2v) is 4.19. The molecule has 0 spiro atoms. The van der Waals surface area contributed by atoms with Crippen molar-refractivity contribution in [3.63, 3.8) is 0 Å². The number of nitrogens with zero attached hydrogens (tertiary/aromatic N) is 1. The van der Waals surface area contributed by atoms with Gasteiger partial charge >= 0.3 is 6.09 Å². The maximum Gasteiger partial charge on any atom is 0.409 e. The molecule has 0 radical (unpaired) electrons. The second kappa shape index (κ2) is 5.03. The van der Waals surface area contributed by atoms with Gasteiger partial charge in [-0.15, -0.1) is 0 Å². The van der Waals surface area contributed by atoms with Crippen LogP contribution in [0.15, 0.2) is 23.1 Å². The van der Waals surface area contributed by atoms with Gasteiger partial charge in [0.05, 0.1) is 7.11 Å². The van der Waals surface area contributed by atoms with Gasteiger partial charge in [-0.3, -0.25) is 4.79 Å². The normalized spacial score (nSPS) is 16.9. The Labute approximate surface area is 99.4 Å². The van der Waals surface area contributed by atoms with E-state index in [-0.39, 0.29) is 17.6 Å². The molecular formula is C12H16N2O3. The fraction of sp³-hybridized carbons (Fsp3) is 0.500. The summed E-state index contributed by atoms with van der Waals surface area (Å²) in [4.78, 5) is 27.3. The van der Waals surface area contributed by atoms with E-state index in [0.717, 1.165) is 18.4 Å². The zero-order valence-electron chi connectivity index (χ0n) is 9.81. The van der Waals surface area contributed by atoms with Crippen LogP contribution in [0.5, 0.6) is 0 Å². The van der Waals surface area contributed by atoms with Gasteiger partial charge < -0.3 is 14.6 Å². The van der Waals surface area contributed by atoms with Crippen molar-refractivity contribution < 1.29 is 9.53 Å². The second-order valence-electron chi connectivity index (χ2n) is 4.19. The molecule has 0 atom stereocenters. The standard InChI is InChI=1S/C12H16N2O3/c1-17-12(16)14-7-4-9(5-8-14)10-3-2-6-13-11(10)15/h2-3,6,9H,4-5,7-8H2,1H3,(H,13,15). The molecule has 92 valence electrons. The summed E-state index contributed by atoms with van der Waals surface area (Å²) < 4.78 is 4.67. The molecule has 5 heteroatoms. The highest BCUT2D eigenvalue weighted by Crippen LogP contribution is 2.25. The van der Waals surface area contributed by atoms with Crippen molar-refractivity contribution in [2.75, 3.05) is 20.2 Å². The van der Waals surface area contributed by atoms with Crippen molar-refractivity contribution in [1.29, 1.82) is 0 Å². The maximum absolute atomic E-state index is 11.6. The number of ether oxygens (including phenoxy) is 1. The molecule has 0 bridgehead atoms. The van der Waals surface area contributed by atoms with Crippen molar-refractivity contribution in [3.05, 3.63) is 34.2 Å². The van der Waals surface area contributed by atoms with E-state index in [2.05, 4.69) is 9.72 Å². The van der Waals surface area contributed by atoms with E-state index < -0.39 is 0 Å². The van der Waals surface area contributed by atoms with Gasteiger partial charge in [-0.1, -0.05) is 6.07 Å². The van der Waals surface area contributed by atoms with Crippen LogP contribution in [-0.4, -0.2) is 36.2 Å². The van der Waals surface area contributed by atoms with E-state index in [9.17, 15) is 9.59 Å². The number of aromatic nitrogens is 1. The van der Waals surface area contributed by atoms with Crippen molar-refractivity contribution in [2.45, 2.75) is 18.8 Å². The summed E-state index contributed by atoms with van der Waals surface area (Å²) in [6, 6.07) is 3.70. The first-order chi connectivity index (χ1) is 8.22. The number of nitrogens with one attached hydrogen (secondary N) is 1. The van der Waals surface area contributed by atoms with E-state index in [1.807, 2.05) is 12.1 Å². The summed E-state index contributed by atoms with van der Waals surface area (Å²) >= 11 is 0. The highest BCUT2D eigenvalue weighted by Gasteiger charge is 2.25. The van der Waals surface area contributed by atoms with E-state index in [1.165, 1.54) is 7.11 Å². The van der Waals surface area contributed by atoms with Crippen molar-refractivity contribution in [3.8, 4) is 0 Å². The van der Waals surface area contributed by atoms with Gasteiger partial charge in [0.15, 0.2) is 0 Å². The van der Waals surface area contributed by atoms with Crippen LogP contribution in [0.3, 0.4) is 0 Å². The third kappa shape index (κ3) is 2.49. The first-order valence-corrected chi connectivity index (χ1v) is 5.73. The van der Waals surface area contributed by atoms with Crippen molar-refractivity contribution in [1.82, 2.24) is 9.88 Å². The minimum Gasteiger partial charge on any atom is -0.453 e. The van der Waals surface area contributed by atoms with Crippen LogP contribution in [0.1, 0.15) is 24.3 Å². The number of piperidine rings is 1. The third-order valence-electron chi connectivity index (χ3n) is 3.22. The van der Waals surface area contributed by atoms with Gasteiger partial charge in [-0.25, -0.2) is 4.79 Å². The average molecular weight is 236 g/mol.